The lowest BCUT2D eigenvalue weighted by Gasteiger charge is -2.24. The highest BCUT2D eigenvalue weighted by Crippen LogP contribution is 2.20. The first-order valence-corrected chi connectivity index (χ1v) is 4.52. The molecule has 1 rings (SSSR count). The minimum Gasteiger partial charge on any atom is -0.227 e. The molecule has 0 saturated carbocycles. The molecule has 1 aromatic carbocycles. The zero-order chi connectivity index (χ0) is 9.73. The zero-order valence-corrected chi connectivity index (χ0v) is 8.33. The highest BCUT2D eigenvalue weighted by molar-refractivity contribution is 5.22. The second-order valence-corrected chi connectivity index (χ2v) is 3.55. The Kier molecular flexibility index (Phi) is 3.26. The Bertz CT molecular complexity index is 262. The van der Waals surface area contributed by atoms with Crippen molar-refractivity contribution in [1.82, 2.24) is 5.32 Å². The highest BCUT2D eigenvalue weighted by atomic mass is 14.9. The van der Waals surface area contributed by atoms with Crippen molar-refractivity contribution in [3.63, 3.8) is 0 Å². The SMILES string of the molecule is C=CC[N]C(C)(C)c1ccccc1. The van der Waals surface area contributed by atoms with Crippen LogP contribution in [-0.2, 0) is 5.54 Å². The van der Waals surface area contributed by atoms with Gasteiger partial charge in [-0.15, -0.1) is 6.58 Å². The molecule has 0 unspecified atom stereocenters. The van der Waals surface area contributed by atoms with Crippen LogP contribution < -0.4 is 5.32 Å². The molecule has 0 N–H and O–H groups in total. The molecule has 1 radical (unpaired) electrons. The molecule has 0 atom stereocenters. The van der Waals surface area contributed by atoms with Gasteiger partial charge in [0.15, 0.2) is 0 Å². The van der Waals surface area contributed by atoms with Gasteiger partial charge in [-0.05, 0) is 19.4 Å². The summed E-state index contributed by atoms with van der Waals surface area (Å²) in [6, 6.07) is 10.3. The zero-order valence-electron chi connectivity index (χ0n) is 8.33. The minimum atomic E-state index is -0.102. The van der Waals surface area contributed by atoms with E-state index in [1.54, 1.807) is 0 Å². The molecule has 0 heterocycles. The van der Waals surface area contributed by atoms with Gasteiger partial charge in [0.2, 0.25) is 0 Å². The lowest BCUT2D eigenvalue weighted by molar-refractivity contribution is 0.415. The molecule has 0 bridgehead atoms. The van der Waals surface area contributed by atoms with E-state index < -0.39 is 0 Å². The van der Waals surface area contributed by atoms with Crippen LogP contribution in [-0.4, -0.2) is 6.54 Å². The molecule has 0 aliphatic rings. The molecular formula is C12H16N. The second-order valence-electron chi connectivity index (χ2n) is 3.55. The van der Waals surface area contributed by atoms with Crippen molar-refractivity contribution in [2.45, 2.75) is 19.4 Å². The Balaban J connectivity index is 2.74. The molecule has 0 fully saturated rings. The summed E-state index contributed by atoms with van der Waals surface area (Å²) in [7, 11) is 0. The fraction of sp³-hybridized carbons (Fsp3) is 0.333. The van der Waals surface area contributed by atoms with E-state index in [4.69, 9.17) is 0 Å². The van der Waals surface area contributed by atoms with Gasteiger partial charge >= 0.3 is 0 Å². The maximum atomic E-state index is 4.53. The van der Waals surface area contributed by atoms with Gasteiger partial charge in [-0.25, -0.2) is 5.32 Å². The normalized spacial score (nSPS) is 11.2. The quantitative estimate of drug-likeness (QED) is 0.623. The summed E-state index contributed by atoms with van der Waals surface area (Å²) in [6.07, 6.45) is 1.82. The van der Waals surface area contributed by atoms with E-state index in [9.17, 15) is 0 Å². The van der Waals surface area contributed by atoms with E-state index in [0.29, 0.717) is 6.54 Å². The van der Waals surface area contributed by atoms with Crippen LogP contribution in [0.5, 0.6) is 0 Å². The van der Waals surface area contributed by atoms with Crippen molar-refractivity contribution in [2.24, 2.45) is 0 Å². The second kappa shape index (κ2) is 4.24. The maximum Gasteiger partial charge on any atom is 0.0552 e. The molecule has 0 aliphatic carbocycles. The number of benzene rings is 1. The predicted octanol–water partition coefficient (Wildman–Crippen LogP) is 2.71. The number of rotatable bonds is 4. The van der Waals surface area contributed by atoms with Crippen LogP contribution in [0.4, 0.5) is 0 Å². The van der Waals surface area contributed by atoms with Gasteiger partial charge in [-0.1, -0.05) is 36.4 Å². The van der Waals surface area contributed by atoms with Crippen LogP contribution in [0.1, 0.15) is 19.4 Å². The number of nitrogens with zero attached hydrogens (tertiary/aromatic N) is 1. The van der Waals surface area contributed by atoms with Crippen molar-refractivity contribution < 1.29 is 0 Å². The van der Waals surface area contributed by atoms with Gasteiger partial charge in [0.05, 0.1) is 5.54 Å². The van der Waals surface area contributed by atoms with E-state index in [2.05, 4.69) is 37.9 Å². The van der Waals surface area contributed by atoms with Crippen LogP contribution in [0.15, 0.2) is 43.0 Å². The molecular weight excluding hydrogens is 158 g/mol. The van der Waals surface area contributed by atoms with Gasteiger partial charge in [0, 0.05) is 6.54 Å². The topological polar surface area (TPSA) is 14.1 Å². The van der Waals surface area contributed by atoms with E-state index >= 15 is 0 Å². The van der Waals surface area contributed by atoms with Crippen molar-refractivity contribution in [2.75, 3.05) is 6.54 Å². The summed E-state index contributed by atoms with van der Waals surface area (Å²) >= 11 is 0. The van der Waals surface area contributed by atoms with Crippen molar-refractivity contribution in [3.8, 4) is 0 Å². The average Bonchev–Trinajstić information content (AvgIpc) is 2.16. The van der Waals surface area contributed by atoms with Crippen molar-refractivity contribution >= 4 is 0 Å². The Labute approximate surface area is 80.5 Å². The first kappa shape index (κ1) is 10.0. The summed E-state index contributed by atoms with van der Waals surface area (Å²) < 4.78 is 0. The molecule has 0 aromatic heterocycles. The van der Waals surface area contributed by atoms with Crippen LogP contribution in [0, 0.1) is 0 Å². The highest BCUT2D eigenvalue weighted by Gasteiger charge is 2.19. The Morgan fingerprint density at radius 2 is 1.92 bits per heavy atom. The Morgan fingerprint density at radius 1 is 1.31 bits per heavy atom. The van der Waals surface area contributed by atoms with E-state index in [-0.39, 0.29) is 5.54 Å². The molecule has 69 valence electrons. The van der Waals surface area contributed by atoms with Crippen molar-refractivity contribution in [1.29, 1.82) is 0 Å². The molecule has 1 heteroatoms. The van der Waals surface area contributed by atoms with Gasteiger partial charge in [-0.2, -0.15) is 0 Å². The summed E-state index contributed by atoms with van der Waals surface area (Å²) in [5.41, 5.74) is 1.15. The molecule has 0 amide bonds. The van der Waals surface area contributed by atoms with E-state index in [1.807, 2.05) is 24.3 Å². The molecule has 0 spiro atoms. The third kappa shape index (κ3) is 2.71. The third-order valence-electron chi connectivity index (χ3n) is 2.10. The standard InChI is InChI=1S/C12H16N/c1-4-10-13-12(2,3)11-8-6-5-7-9-11/h4-9H,1,10H2,2-3H3. The fourth-order valence-corrected chi connectivity index (χ4v) is 1.23. The summed E-state index contributed by atoms with van der Waals surface area (Å²) in [5, 5.41) is 4.53. The molecule has 13 heavy (non-hydrogen) atoms. The lowest BCUT2D eigenvalue weighted by atomic mass is 9.94. The molecule has 0 saturated heterocycles. The third-order valence-corrected chi connectivity index (χ3v) is 2.10. The van der Waals surface area contributed by atoms with Crippen molar-refractivity contribution in [3.05, 3.63) is 48.6 Å². The fourth-order valence-electron chi connectivity index (χ4n) is 1.23. The summed E-state index contributed by atoms with van der Waals surface area (Å²) in [4.78, 5) is 0. The number of hydrogen-bond acceptors (Lipinski definition) is 0. The monoisotopic (exact) mass is 174 g/mol. The lowest BCUT2D eigenvalue weighted by Crippen LogP contribution is -2.30. The molecule has 0 aliphatic heterocycles. The largest absolute Gasteiger partial charge is 0.227 e. The minimum absolute atomic E-state index is 0.102. The van der Waals surface area contributed by atoms with Gasteiger partial charge in [-0.3, -0.25) is 0 Å². The van der Waals surface area contributed by atoms with E-state index in [1.165, 1.54) is 5.56 Å². The Morgan fingerprint density at radius 3 is 2.46 bits per heavy atom. The van der Waals surface area contributed by atoms with Crippen LogP contribution in [0.3, 0.4) is 0 Å². The average molecular weight is 174 g/mol. The van der Waals surface area contributed by atoms with E-state index in [0.717, 1.165) is 0 Å². The van der Waals surface area contributed by atoms with Crippen LogP contribution >= 0.6 is 0 Å². The van der Waals surface area contributed by atoms with Crippen LogP contribution in [0.25, 0.3) is 0 Å². The van der Waals surface area contributed by atoms with Gasteiger partial charge in [0.1, 0.15) is 0 Å². The molecule has 1 nitrogen and oxygen atoms in total. The predicted molar refractivity (Wildman–Crippen MR) is 56.7 cm³/mol. The van der Waals surface area contributed by atoms with Gasteiger partial charge < -0.3 is 0 Å². The first-order chi connectivity index (χ1) is 6.17. The summed E-state index contributed by atoms with van der Waals surface area (Å²) in [5.74, 6) is 0. The van der Waals surface area contributed by atoms with Gasteiger partial charge in [0.25, 0.3) is 0 Å². The molecule has 1 aromatic rings. The Hall–Kier alpha value is -1.08. The maximum absolute atomic E-state index is 4.53. The van der Waals surface area contributed by atoms with Crippen LogP contribution in [0.2, 0.25) is 0 Å². The summed E-state index contributed by atoms with van der Waals surface area (Å²) in [6.45, 7) is 8.61. The first-order valence-electron chi connectivity index (χ1n) is 4.52. The smallest absolute Gasteiger partial charge is 0.0552 e. The number of hydrogen-bond donors (Lipinski definition) is 0.